The Labute approximate surface area is 247 Å². The predicted molar refractivity (Wildman–Crippen MR) is 152 cm³/mol. The minimum Gasteiger partial charge on any atom is -0.488 e. The summed E-state index contributed by atoms with van der Waals surface area (Å²) in [5.74, 6) is -0.810. The fourth-order valence-corrected chi connectivity index (χ4v) is 6.26. The molecular formula is C26H18Cl2F3IN2O4S. The van der Waals surface area contributed by atoms with Crippen molar-refractivity contribution in [2.75, 3.05) is 13.2 Å². The lowest BCUT2D eigenvalue weighted by atomic mass is 9.95. The first kappa shape index (κ1) is 29.4. The van der Waals surface area contributed by atoms with Crippen molar-refractivity contribution >= 4 is 69.2 Å². The van der Waals surface area contributed by atoms with Crippen LogP contribution in [0.15, 0.2) is 70.1 Å². The molecule has 1 aromatic heterocycles. The number of halogens is 6. The van der Waals surface area contributed by atoms with Crippen LogP contribution in [0.2, 0.25) is 10.0 Å². The number of thiazole rings is 1. The summed E-state index contributed by atoms with van der Waals surface area (Å²) in [5, 5.41) is 0.693. The van der Waals surface area contributed by atoms with Crippen molar-refractivity contribution in [3.63, 3.8) is 0 Å². The van der Waals surface area contributed by atoms with Gasteiger partial charge in [0.25, 0.3) is 5.56 Å². The monoisotopic (exact) mass is 708 g/mol. The number of alkyl halides is 3. The number of aromatic nitrogens is 1. The molecule has 1 aliphatic rings. The maximum Gasteiger partial charge on any atom is 0.434 e. The molecule has 204 valence electrons. The molecule has 0 fully saturated rings. The average Bonchev–Trinajstić information content (AvgIpc) is 3.17. The number of esters is 1. The fourth-order valence-electron chi connectivity index (χ4n) is 3.92. The molecule has 0 spiro atoms. The summed E-state index contributed by atoms with van der Waals surface area (Å²) in [4.78, 5) is 30.2. The highest BCUT2D eigenvalue weighted by atomic mass is 127. The first-order valence-corrected chi connectivity index (χ1v) is 13.9. The Kier molecular flexibility index (Phi) is 8.94. The van der Waals surface area contributed by atoms with Crippen LogP contribution in [0.1, 0.15) is 24.1 Å². The van der Waals surface area contributed by atoms with E-state index in [9.17, 15) is 22.8 Å². The van der Waals surface area contributed by atoms with Gasteiger partial charge in [-0.3, -0.25) is 9.36 Å². The van der Waals surface area contributed by atoms with E-state index in [1.807, 2.05) is 22.6 Å². The van der Waals surface area contributed by atoms with Gasteiger partial charge in [0.05, 0.1) is 26.3 Å². The molecule has 0 bridgehead atoms. The van der Waals surface area contributed by atoms with E-state index in [-0.39, 0.29) is 28.1 Å². The van der Waals surface area contributed by atoms with E-state index >= 15 is 0 Å². The fraction of sp³-hybridized carbons (Fsp3) is 0.192. The van der Waals surface area contributed by atoms with Crippen molar-refractivity contribution in [2.45, 2.75) is 19.1 Å². The van der Waals surface area contributed by atoms with E-state index in [0.29, 0.717) is 24.9 Å². The number of carbonyl (C=O) groups is 1. The molecule has 1 atom stereocenters. The van der Waals surface area contributed by atoms with Crippen LogP contribution < -0.4 is 19.6 Å². The summed E-state index contributed by atoms with van der Waals surface area (Å²) in [6.45, 7) is 5.10. The zero-order valence-electron chi connectivity index (χ0n) is 20.0. The molecule has 0 amide bonds. The molecule has 0 N–H and O–H groups in total. The molecule has 0 saturated carbocycles. The van der Waals surface area contributed by atoms with Gasteiger partial charge in [-0.05, 0) is 65.4 Å². The normalized spacial score (nSPS) is 15.6. The van der Waals surface area contributed by atoms with Gasteiger partial charge in [-0.2, -0.15) is 13.2 Å². The maximum atomic E-state index is 14.2. The lowest BCUT2D eigenvalue weighted by Crippen LogP contribution is -2.41. The number of carbonyl (C=O) groups excluding carboxylic acids is 1. The molecule has 4 rings (SSSR count). The third-order valence-corrected chi connectivity index (χ3v) is 7.70. The van der Waals surface area contributed by atoms with Gasteiger partial charge in [-0.15, -0.1) is 0 Å². The van der Waals surface area contributed by atoms with Crippen molar-refractivity contribution < 1.29 is 27.4 Å². The Bertz CT molecular complexity index is 1660. The molecule has 2 aromatic carbocycles. The number of allylic oxidation sites excluding steroid dienone is 1. The summed E-state index contributed by atoms with van der Waals surface area (Å²) < 4.78 is 55.2. The van der Waals surface area contributed by atoms with Gasteiger partial charge < -0.3 is 9.47 Å². The van der Waals surface area contributed by atoms with Crippen LogP contribution in [0.5, 0.6) is 5.75 Å². The van der Waals surface area contributed by atoms with Crippen LogP contribution >= 0.6 is 57.1 Å². The summed E-state index contributed by atoms with van der Waals surface area (Å²) in [6, 6.07) is 7.59. The van der Waals surface area contributed by atoms with Gasteiger partial charge >= 0.3 is 12.1 Å². The Morgan fingerprint density at radius 1 is 1.23 bits per heavy atom. The molecule has 6 nitrogen and oxygen atoms in total. The Morgan fingerprint density at radius 3 is 2.54 bits per heavy atom. The second-order valence-electron chi connectivity index (χ2n) is 8.02. The number of nitrogens with zero attached hydrogens (tertiary/aromatic N) is 2. The highest BCUT2D eigenvalue weighted by Gasteiger charge is 2.45. The molecule has 0 unspecified atom stereocenters. The topological polar surface area (TPSA) is 69.9 Å². The van der Waals surface area contributed by atoms with Crippen LogP contribution in [-0.2, 0) is 9.53 Å². The minimum absolute atomic E-state index is 0.0564. The molecule has 39 heavy (non-hydrogen) atoms. The van der Waals surface area contributed by atoms with Crippen LogP contribution in [-0.4, -0.2) is 29.9 Å². The van der Waals surface area contributed by atoms with Crippen molar-refractivity contribution in [1.82, 2.24) is 4.57 Å². The van der Waals surface area contributed by atoms with Crippen LogP contribution in [0.4, 0.5) is 13.2 Å². The van der Waals surface area contributed by atoms with E-state index in [2.05, 4.69) is 11.6 Å². The summed E-state index contributed by atoms with van der Waals surface area (Å²) in [7, 11) is 0. The third-order valence-electron chi connectivity index (χ3n) is 5.45. The van der Waals surface area contributed by atoms with Gasteiger partial charge in [0, 0.05) is 15.6 Å². The van der Waals surface area contributed by atoms with E-state index in [1.165, 1.54) is 37.3 Å². The number of hydrogen-bond acceptors (Lipinski definition) is 6. The molecule has 3 aromatic rings. The Balaban J connectivity index is 2.05. The first-order chi connectivity index (χ1) is 18.5. The summed E-state index contributed by atoms with van der Waals surface area (Å²) >= 11 is 15.0. The third kappa shape index (κ3) is 6.11. The molecule has 2 heterocycles. The zero-order valence-corrected chi connectivity index (χ0v) is 24.5. The standard InChI is InChI=1S/C26H18Cl2F3IN2O4S/c1-3-9-38-21-14(10-16(28)12-17(21)32)11-18-23(35)34-20(13-5-7-15(27)8-6-13)19(24(36)37-4-2)22(26(29,30)31)33-25(34)39-18/h3,5-8,10-12,20H,1,4,9H2,2H3/b18-11-/t20-/m0/s1. The average molecular weight is 709 g/mol. The van der Waals surface area contributed by atoms with E-state index in [0.717, 1.165) is 15.9 Å². The van der Waals surface area contributed by atoms with Gasteiger partial charge in [-0.25, -0.2) is 9.79 Å². The smallest absolute Gasteiger partial charge is 0.434 e. The van der Waals surface area contributed by atoms with Crippen molar-refractivity contribution in [1.29, 1.82) is 0 Å². The minimum atomic E-state index is -5.00. The Morgan fingerprint density at radius 2 is 1.92 bits per heavy atom. The highest BCUT2D eigenvalue weighted by Crippen LogP contribution is 2.38. The molecule has 13 heteroatoms. The number of fused-ring (bicyclic) bond motifs is 1. The number of hydrogen-bond donors (Lipinski definition) is 0. The van der Waals surface area contributed by atoms with Gasteiger partial charge in [0.2, 0.25) is 0 Å². The number of rotatable bonds is 7. The van der Waals surface area contributed by atoms with Gasteiger partial charge in [0.15, 0.2) is 10.5 Å². The van der Waals surface area contributed by atoms with Crippen LogP contribution in [0.25, 0.3) is 6.08 Å². The maximum absolute atomic E-state index is 14.2. The highest BCUT2D eigenvalue weighted by molar-refractivity contribution is 14.1. The van der Waals surface area contributed by atoms with Crippen molar-refractivity contribution in [2.24, 2.45) is 4.99 Å². The second kappa shape index (κ2) is 11.9. The van der Waals surface area contributed by atoms with E-state index in [4.69, 9.17) is 32.7 Å². The lowest BCUT2D eigenvalue weighted by Gasteiger charge is -2.26. The summed E-state index contributed by atoms with van der Waals surface area (Å²) in [6.07, 6.45) is -1.99. The van der Waals surface area contributed by atoms with Gasteiger partial charge in [0.1, 0.15) is 12.4 Å². The lowest BCUT2D eigenvalue weighted by molar-refractivity contribution is -0.140. The molecule has 1 aliphatic heterocycles. The number of ether oxygens (including phenoxy) is 2. The summed E-state index contributed by atoms with van der Waals surface area (Å²) in [5.41, 5.74) is -2.23. The largest absolute Gasteiger partial charge is 0.488 e. The van der Waals surface area contributed by atoms with Gasteiger partial charge in [-0.1, -0.05) is 59.3 Å². The van der Waals surface area contributed by atoms with Crippen molar-refractivity contribution in [3.05, 3.63) is 105 Å². The number of benzene rings is 2. The zero-order chi connectivity index (χ0) is 28.5. The van der Waals surface area contributed by atoms with E-state index < -0.39 is 35.0 Å². The van der Waals surface area contributed by atoms with E-state index in [1.54, 1.807) is 18.2 Å². The van der Waals surface area contributed by atoms with Crippen LogP contribution in [0, 0.1) is 3.57 Å². The molecule has 0 saturated heterocycles. The molecular weight excluding hydrogens is 691 g/mol. The quantitative estimate of drug-likeness (QED) is 0.176. The van der Waals surface area contributed by atoms with Crippen molar-refractivity contribution in [3.8, 4) is 5.75 Å². The Hall–Kier alpha value is -2.61. The molecule has 0 aliphatic carbocycles. The first-order valence-electron chi connectivity index (χ1n) is 11.2. The second-order valence-corrected chi connectivity index (χ2v) is 11.1. The SMILES string of the molecule is C=CCOc1c(I)cc(Cl)cc1/C=c1\sc2n(c1=O)[C@@H](c1ccc(Cl)cc1)C(C(=O)OCC)=C(C(F)(F)F)N=2. The van der Waals surface area contributed by atoms with Crippen LogP contribution in [0.3, 0.4) is 0 Å². The molecule has 0 radical (unpaired) electrons. The predicted octanol–water partition coefficient (Wildman–Crippen LogP) is 5.82.